The van der Waals surface area contributed by atoms with Crippen LogP contribution in [0.3, 0.4) is 0 Å². The summed E-state index contributed by atoms with van der Waals surface area (Å²) in [6.07, 6.45) is 19.2. The van der Waals surface area contributed by atoms with Crippen LogP contribution in [-0.2, 0) is 9.53 Å². The van der Waals surface area contributed by atoms with Crippen LogP contribution in [-0.4, -0.2) is 37.3 Å². The van der Waals surface area contributed by atoms with E-state index in [1.165, 1.54) is 89.9 Å². The average molecular weight is 528 g/mol. The molecule has 0 saturated carbocycles. The van der Waals surface area contributed by atoms with E-state index in [9.17, 15) is 30.0 Å². The third kappa shape index (κ3) is 31.2. The predicted octanol–water partition coefficient (Wildman–Crippen LogP) is 10.4. The molecular weight excluding hydrogens is 479 g/mol. The summed E-state index contributed by atoms with van der Waals surface area (Å²) in [6, 6.07) is 0. The van der Waals surface area contributed by atoms with Gasteiger partial charge in [0, 0.05) is 12.5 Å². The van der Waals surface area contributed by atoms with E-state index in [-0.39, 0.29) is 12.2 Å². The molecule has 0 amide bonds. The number of ether oxygens (including phenoxy) is 1. The molecule has 0 spiro atoms. The van der Waals surface area contributed by atoms with Gasteiger partial charge in [0.05, 0.1) is 20.6 Å². The third-order valence-electron chi connectivity index (χ3n) is 5.70. The fraction of sp³-hybridized carbons (Fsp3) is 0.875. The van der Waals surface area contributed by atoms with Gasteiger partial charge in [0.15, 0.2) is 0 Å². The maximum absolute atomic E-state index is 11.7. The number of carbonyl (C=O) groups excluding carboxylic acids is 1. The molecule has 0 fully saturated rings. The second-order valence-electron chi connectivity index (χ2n) is 9.84. The molecule has 0 rings (SSSR count). The van der Waals surface area contributed by atoms with Crippen molar-refractivity contribution in [2.24, 2.45) is 0 Å². The summed E-state index contributed by atoms with van der Waals surface area (Å²) in [6.45, 7) is 10.6. The van der Waals surface area contributed by atoms with Crippen molar-refractivity contribution >= 4 is 13.8 Å². The molecule has 1 unspecified atom stereocenters. The average Bonchev–Trinajstić information content (AvgIpc) is 2.65. The van der Waals surface area contributed by atoms with Gasteiger partial charge in [-0.1, -0.05) is 90.6 Å². The first kappa shape index (κ1) is 35.3. The molecule has 0 heterocycles. The molecule has 0 aliphatic rings. The van der Waals surface area contributed by atoms with Crippen molar-refractivity contribution in [1.82, 2.24) is 0 Å². The number of nitrogens with zero attached hydrogens (tertiary/aromatic N) is 1. The van der Waals surface area contributed by atoms with Crippen molar-refractivity contribution in [2.75, 3.05) is 20.6 Å². The molecule has 10 heteroatoms. The van der Waals surface area contributed by atoms with E-state index in [1.807, 2.05) is 6.92 Å². The van der Waals surface area contributed by atoms with E-state index in [0.717, 1.165) is 11.0 Å². The van der Waals surface area contributed by atoms with Crippen molar-refractivity contribution in [3.05, 3.63) is 12.2 Å². The van der Waals surface area contributed by atoms with Gasteiger partial charge in [0.25, 0.3) is 0 Å². The van der Waals surface area contributed by atoms with E-state index < -0.39 is 7.81 Å². The van der Waals surface area contributed by atoms with Gasteiger partial charge in [0.2, 0.25) is 6.23 Å². The standard InChI is InChI=1S/C24H48NO2.F6P/c1-7-8-9-10-11-12-13-14-15-16-17-18-19-20-21-25(5,6)23(4)27-24(26)22(2)3;1-7(2,3,4,5)6/h23H,2,7-21H2,1,3-6H3;/q+1;-1. The first-order chi connectivity index (χ1) is 15.3. The number of carbonyl (C=O) groups is 1. The quantitative estimate of drug-likeness (QED) is 0.0337. The second-order valence-corrected chi connectivity index (χ2v) is 11.8. The Bertz CT molecular complexity index is 568. The SMILES string of the molecule is C=C(C)C(=O)OC(C)[N+](C)(C)CCCCCCCCCCCCCCCC.F[P-](F)(F)(F)(F)F. The van der Waals surface area contributed by atoms with Gasteiger partial charge in [-0.05, 0) is 19.8 Å². The topological polar surface area (TPSA) is 26.3 Å². The molecule has 0 bridgehead atoms. The molecule has 0 aromatic rings. The zero-order valence-corrected chi connectivity index (χ0v) is 22.8. The molecule has 0 aromatic carbocycles. The van der Waals surface area contributed by atoms with Gasteiger partial charge in [-0.3, -0.25) is 4.48 Å². The normalized spacial score (nSPS) is 14.9. The van der Waals surface area contributed by atoms with Gasteiger partial charge < -0.3 is 4.74 Å². The number of quaternary nitrogens is 1. The van der Waals surface area contributed by atoms with Gasteiger partial charge in [-0.25, -0.2) is 4.79 Å². The molecule has 0 aliphatic heterocycles. The third-order valence-corrected chi connectivity index (χ3v) is 5.70. The molecule has 3 nitrogen and oxygen atoms in total. The predicted molar refractivity (Wildman–Crippen MR) is 131 cm³/mol. The van der Waals surface area contributed by atoms with Crippen molar-refractivity contribution < 1.29 is 39.2 Å². The summed E-state index contributed by atoms with van der Waals surface area (Å²) in [5, 5.41) is 0. The number of halogens is 6. The summed E-state index contributed by atoms with van der Waals surface area (Å²) < 4.78 is 65.4. The molecule has 0 aliphatic carbocycles. The molecular formula is C24H48F6NO2P. The number of rotatable bonds is 18. The fourth-order valence-electron chi connectivity index (χ4n) is 3.29. The Morgan fingerprint density at radius 2 is 1.06 bits per heavy atom. The second kappa shape index (κ2) is 15.3. The summed E-state index contributed by atoms with van der Waals surface area (Å²) in [5.74, 6) is -0.283. The zero-order valence-electron chi connectivity index (χ0n) is 21.9. The Balaban J connectivity index is 0. The van der Waals surface area contributed by atoms with Gasteiger partial charge in [-0.15, -0.1) is 0 Å². The van der Waals surface area contributed by atoms with Gasteiger partial charge in [0.1, 0.15) is 0 Å². The molecule has 208 valence electrons. The molecule has 0 N–H and O–H groups in total. The van der Waals surface area contributed by atoms with E-state index in [1.54, 1.807) is 6.92 Å². The molecule has 0 aromatic heterocycles. The van der Waals surface area contributed by atoms with E-state index in [2.05, 4.69) is 27.6 Å². The Hall–Kier alpha value is -0.820. The summed E-state index contributed by atoms with van der Waals surface area (Å²) in [7, 11) is -6.38. The Kier molecular flexibility index (Phi) is 15.9. The molecule has 1 atom stereocenters. The summed E-state index contributed by atoms with van der Waals surface area (Å²) in [4.78, 5) is 11.7. The molecule has 0 radical (unpaired) electrons. The Labute approximate surface area is 203 Å². The van der Waals surface area contributed by atoms with Crippen LogP contribution >= 0.6 is 7.81 Å². The van der Waals surface area contributed by atoms with Crippen molar-refractivity contribution in [3.63, 3.8) is 0 Å². The first-order valence-electron chi connectivity index (χ1n) is 12.5. The van der Waals surface area contributed by atoms with E-state index >= 15 is 0 Å². The summed E-state index contributed by atoms with van der Waals surface area (Å²) >= 11 is 0. The van der Waals surface area contributed by atoms with Crippen molar-refractivity contribution in [1.29, 1.82) is 0 Å². The van der Waals surface area contributed by atoms with Crippen LogP contribution in [0.2, 0.25) is 0 Å². The monoisotopic (exact) mass is 527 g/mol. The summed E-state index contributed by atoms with van der Waals surface area (Å²) in [5.41, 5.74) is 0.471. The van der Waals surface area contributed by atoms with Crippen LogP contribution in [0, 0.1) is 0 Å². The number of hydrogen-bond acceptors (Lipinski definition) is 2. The number of unbranched alkanes of at least 4 members (excludes halogenated alkanes) is 13. The molecule has 0 saturated heterocycles. The Morgan fingerprint density at radius 3 is 1.35 bits per heavy atom. The van der Waals surface area contributed by atoms with Crippen LogP contribution in [0.15, 0.2) is 12.2 Å². The van der Waals surface area contributed by atoms with Crippen LogP contribution in [0.1, 0.15) is 111 Å². The van der Waals surface area contributed by atoms with E-state index in [4.69, 9.17) is 4.74 Å². The number of hydrogen-bond donors (Lipinski definition) is 0. The van der Waals surface area contributed by atoms with Crippen LogP contribution in [0.5, 0.6) is 0 Å². The van der Waals surface area contributed by atoms with Crippen LogP contribution in [0.4, 0.5) is 25.2 Å². The molecule has 34 heavy (non-hydrogen) atoms. The maximum atomic E-state index is 11.7. The van der Waals surface area contributed by atoms with Gasteiger partial charge in [-0.2, -0.15) is 0 Å². The minimum absolute atomic E-state index is 0.129. The van der Waals surface area contributed by atoms with Crippen molar-refractivity contribution in [2.45, 2.75) is 117 Å². The minimum atomic E-state index is -10.7. The van der Waals surface area contributed by atoms with Crippen LogP contribution < -0.4 is 0 Å². The van der Waals surface area contributed by atoms with Crippen LogP contribution in [0.25, 0.3) is 0 Å². The fourth-order valence-corrected chi connectivity index (χ4v) is 3.29. The Morgan fingerprint density at radius 1 is 0.765 bits per heavy atom. The number of esters is 1. The van der Waals surface area contributed by atoms with Crippen molar-refractivity contribution in [3.8, 4) is 0 Å². The van der Waals surface area contributed by atoms with Gasteiger partial charge >= 0.3 is 39.0 Å². The first-order valence-corrected chi connectivity index (χ1v) is 14.5. The zero-order chi connectivity index (χ0) is 27.0. The van der Waals surface area contributed by atoms with E-state index in [0.29, 0.717) is 5.57 Å².